The lowest BCUT2D eigenvalue weighted by molar-refractivity contribution is 0.0703. The third-order valence-corrected chi connectivity index (χ3v) is 5.43. The van der Waals surface area contributed by atoms with Gasteiger partial charge in [0.1, 0.15) is 0 Å². The van der Waals surface area contributed by atoms with Crippen molar-refractivity contribution in [1.29, 1.82) is 0 Å². The van der Waals surface area contributed by atoms with Gasteiger partial charge in [-0.3, -0.25) is 4.79 Å². The fourth-order valence-electron chi connectivity index (χ4n) is 3.95. The minimum atomic E-state index is 0.160. The number of carbonyl (C=O) groups excluding carboxylic acids is 1. The highest BCUT2D eigenvalue weighted by atomic mass is 16.5. The van der Waals surface area contributed by atoms with Gasteiger partial charge in [-0.2, -0.15) is 4.98 Å². The summed E-state index contributed by atoms with van der Waals surface area (Å²) in [5.74, 6) is 2.73. The first-order valence-corrected chi connectivity index (χ1v) is 8.53. The number of hydrogen-bond acceptors (Lipinski definition) is 4. The van der Waals surface area contributed by atoms with E-state index in [1.807, 2.05) is 24.3 Å². The molecule has 3 aliphatic rings. The van der Waals surface area contributed by atoms with Gasteiger partial charge in [-0.15, -0.1) is 0 Å². The zero-order valence-electron chi connectivity index (χ0n) is 12.9. The lowest BCUT2D eigenvalue weighted by atomic mass is 10.1. The second-order valence-electron chi connectivity index (χ2n) is 7.10. The van der Waals surface area contributed by atoms with Crippen LogP contribution in [0.5, 0.6) is 0 Å². The molecule has 1 aromatic carbocycles. The van der Waals surface area contributed by atoms with E-state index in [-0.39, 0.29) is 5.91 Å². The summed E-state index contributed by atoms with van der Waals surface area (Å²) < 4.78 is 5.34. The highest BCUT2D eigenvalue weighted by molar-refractivity contribution is 5.95. The molecule has 2 aromatic rings. The number of carbonyl (C=O) groups is 1. The van der Waals surface area contributed by atoms with Crippen molar-refractivity contribution in [3.63, 3.8) is 0 Å². The molecule has 5 rings (SSSR count). The molecule has 2 aliphatic carbocycles. The number of aromatic nitrogens is 2. The van der Waals surface area contributed by atoms with Crippen LogP contribution in [0.15, 0.2) is 28.8 Å². The Labute approximate surface area is 134 Å². The topological polar surface area (TPSA) is 59.2 Å². The largest absolute Gasteiger partial charge is 0.335 e. The van der Waals surface area contributed by atoms with E-state index in [9.17, 15) is 4.79 Å². The number of hydrogen-bond donors (Lipinski definition) is 0. The second-order valence-corrected chi connectivity index (χ2v) is 7.10. The van der Waals surface area contributed by atoms with E-state index in [4.69, 9.17) is 4.52 Å². The van der Waals surface area contributed by atoms with Crippen LogP contribution in [0.1, 0.15) is 54.2 Å². The molecule has 2 saturated carbocycles. The van der Waals surface area contributed by atoms with Crippen LogP contribution in [0, 0.1) is 5.92 Å². The van der Waals surface area contributed by atoms with E-state index in [1.165, 1.54) is 19.3 Å². The molecule has 1 aliphatic heterocycles. The van der Waals surface area contributed by atoms with Gasteiger partial charge in [0.15, 0.2) is 5.82 Å². The van der Waals surface area contributed by atoms with Gasteiger partial charge in [0, 0.05) is 29.6 Å². The fourth-order valence-corrected chi connectivity index (χ4v) is 3.95. The monoisotopic (exact) mass is 309 g/mol. The maximum absolute atomic E-state index is 12.7. The van der Waals surface area contributed by atoms with E-state index in [0.717, 1.165) is 42.3 Å². The summed E-state index contributed by atoms with van der Waals surface area (Å²) in [6.07, 6.45) is 5.96. The smallest absolute Gasteiger partial charge is 0.257 e. The summed E-state index contributed by atoms with van der Waals surface area (Å²) >= 11 is 0. The fraction of sp³-hybridized carbons (Fsp3) is 0.500. The maximum atomic E-state index is 12.7. The highest BCUT2D eigenvalue weighted by Gasteiger charge is 2.40. The molecule has 0 N–H and O–H groups in total. The molecule has 1 amide bonds. The summed E-state index contributed by atoms with van der Waals surface area (Å²) in [7, 11) is 0. The Hall–Kier alpha value is -2.17. The molecule has 23 heavy (non-hydrogen) atoms. The minimum absolute atomic E-state index is 0.160. The van der Waals surface area contributed by atoms with Crippen molar-refractivity contribution in [2.75, 3.05) is 6.54 Å². The van der Waals surface area contributed by atoms with Crippen molar-refractivity contribution < 1.29 is 9.32 Å². The number of nitrogens with zero attached hydrogens (tertiary/aromatic N) is 3. The van der Waals surface area contributed by atoms with Crippen LogP contribution in [0.3, 0.4) is 0 Å². The summed E-state index contributed by atoms with van der Waals surface area (Å²) in [5.41, 5.74) is 1.63. The van der Waals surface area contributed by atoms with Crippen LogP contribution in [0.4, 0.5) is 0 Å². The Balaban J connectivity index is 1.35. The van der Waals surface area contributed by atoms with Gasteiger partial charge in [-0.1, -0.05) is 5.16 Å². The van der Waals surface area contributed by atoms with E-state index in [1.54, 1.807) is 0 Å². The summed E-state index contributed by atoms with van der Waals surface area (Å²) in [4.78, 5) is 19.2. The van der Waals surface area contributed by atoms with Crippen molar-refractivity contribution in [3.8, 4) is 11.5 Å². The third kappa shape index (κ3) is 2.26. The number of fused-ring (bicyclic) bond motifs is 2. The number of piperidine rings is 1. The zero-order valence-corrected chi connectivity index (χ0v) is 12.9. The lowest BCUT2D eigenvalue weighted by Gasteiger charge is -2.27. The molecule has 3 fully saturated rings. The van der Waals surface area contributed by atoms with Crippen molar-refractivity contribution in [2.45, 2.75) is 44.1 Å². The second kappa shape index (κ2) is 4.91. The Morgan fingerprint density at radius 3 is 2.61 bits per heavy atom. The molecule has 1 aromatic heterocycles. The van der Waals surface area contributed by atoms with Crippen LogP contribution < -0.4 is 0 Å². The number of likely N-dealkylation sites (tertiary alicyclic amines) is 1. The molecular weight excluding hydrogens is 290 g/mol. The standard InChI is InChI=1S/C18H19N3O2/c22-18(21-10-11-1-8-15(21)9-11)14-6-4-13(5-7-14)17-19-16(20-23-17)12-2-3-12/h4-7,11-12,15H,1-3,8-10H2/t11-,15-/m0/s1. The van der Waals surface area contributed by atoms with Gasteiger partial charge in [0.2, 0.25) is 0 Å². The number of amides is 1. The van der Waals surface area contributed by atoms with E-state index < -0.39 is 0 Å². The first kappa shape index (κ1) is 13.3. The van der Waals surface area contributed by atoms with Crippen LogP contribution in [-0.4, -0.2) is 33.5 Å². The molecule has 2 atom stereocenters. The average Bonchev–Trinajstić information content (AvgIpc) is 3.03. The summed E-state index contributed by atoms with van der Waals surface area (Å²) in [5, 5.41) is 4.04. The quantitative estimate of drug-likeness (QED) is 0.873. The number of benzene rings is 1. The Kier molecular flexibility index (Phi) is 2.84. The molecule has 0 radical (unpaired) electrons. The molecule has 0 spiro atoms. The van der Waals surface area contributed by atoms with E-state index >= 15 is 0 Å². The van der Waals surface area contributed by atoms with Crippen LogP contribution >= 0.6 is 0 Å². The minimum Gasteiger partial charge on any atom is -0.335 e. The van der Waals surface area contributed by atoms with Gasteiger partial charge < -0.3 is 9.42 Å². The average molecular weight is 309 g/mol. The molecule has 1 saturated heterocycles. The predicted molar refractivity (Wildman–Crippen MR) is 83.9 cm³/mol. The Morgan fingerprint density at radius 1 is 1.13 bits per heavy atom. The first-order valence-electron chi connectivity index (χ1n) is 8.53. The Morgan fingerprint density at radius 2 is 1.96 bits per heavy atom. The molecule has 5 nitrogen and oxygen atoms in total. The van der Waals surface area contributed by atoms with Gasteiger partial charge in [0.05, 0.1) is 0 Å². The van der Waals surface area contributed by atoms with E-state index in [0.29, 0.717) is 17.9 Å². The van der Waals surface area contributed by atoms with Crippen LogP contribution in [-0.2, 0) is 0 Å². The van der Waals surface area contributed by atoms with Gasteiger partial charge in [-0.25, -0.2) is 0 Å². The SMILES string of the molecule is O=C(c1ccc(-c2nc(C3CC3)no2)cc1)N1C[C@H]2CC[C@H]1C2. The van der Waals surface area contributed by atoms with Gasteiger partial charge >= 0.3 is 0 Å². The molecule has 118 valence electrons. The normalized spacial score (nSPS) is 26.0. The zero-order chi connectivity index (χ0) is 15.4. The Bertz CT molecular complexity index is 748. The lowest BCUT2D eigenvalue weighted by Crippen LogP contribution is -2.37. The maximum Gasteiger partial charge on any atom is 0.257 e. The molecule has 2 bridgehead atoms. The molecule has 0 unspecified atom stereocenters. The van der Waals surface area contributed by atoms with Crippen molar-refractivity contribution in [3.05, 3.63) is 35.7 Å². The van der Waals surface area contributed by atoms with Crippen LogP contribution in [0.2, 0.25) is 0 Å². The highest BCUT2D eigenvalue weighted by Crippen LogP contribution is 2.39. The molecule has 5 heteroatoms. The van der Waals surface area contributed by atoms with Gasteiger partial charge in [-0.05, 0) is 62.3 Å². The molecular formula is C18H19N3O2. The van der Waals surface area contributed by atoms with Gasteiger partial charge in [0.25, 0.3) is 11.8 Å². The third-order valence-electron chi connectivity index (χ3n) is 5.43. The van der Waals surface area contributed by atoms with Crippen molar-refractivity contribution in [2.24, 2.45) is 5.92 Å². The van der Waals surface area contributed by atoms with E-state index in [2.05, 4.69) is 15.0 Å². The predicted octanol–water partition coefficient (Wildman–Crippen LogP) is 3.24. The van der Waals surface area contributed by atoms with Crippen molar-refractivity contribution in [1.82, 2.24) is 15.0 Å². The summed E-state index contributed by atoms with van der Waals surface area (Å²) in [6, 6.07) is 8.04. The van der Waals surface area contributed by atoms with Crippen LogP contribution in [0.25, 0.3) is 11.5 Å². The molecule has 2 heterocycles. The summed E-state index contributed by atoms with van der Waals surface area (Å²) in [6.45, 7) is 0.930. The van der Waals surface area contributed by atoms with Crippen molar-refractivity contribution >= 4 is 5.91 Å². The number of rotatable bonds is 3. The first-order chi connectivity index (χ1) is 11.3.